The third-order valence-electron chi connectivity index (χ3n) is 5.20. The van der Waals surface area contributed by atoms with E-state index in [0.29, 0.717) is 11.1 Å². The maximum absolute atomic E-state index is 6.23. The van der Waals surface area contributed by atoms with Crippen LogP contribution in [0.25, 0.3) is 0 Å². The first-order valence-corrected chi connectivity index (χ1v) is 10.6. The molecule has 0 amide bonds. The molecule has 0 aliphatic carbocycles. The molecular formula is C20H33Cl2N5. The molecule has 7 heteroatoms. The zero-order valence-electron chi connectivity index (χ0n) is 16.8. The molecule has 1 aromatic rings. The third-order valence-corrected chi connectivity index (χ3v) is 5.78. The van der Waals surface area contributed by atoms with Crippen LogP contribution < -0.4 is 10.6 Å². The van der Waals surface area contributed by atoms with Crippen LogP contribution in [0, 0.1) is 0 Å². The molecule has 5 nitrogen and oxygen atoms in total. The van der Waals surface area contributed by atoms with Gasteiger partial charge in [0.2, 0.25) is 0 Å². The predicted molar refractivity (Wildman–Crippen MR) is 117 cm³/mol. The van der Waals surface area contributed by atoms with Gasteiger partial charge in [-0.05, 0) is 44.0 Å². The van der Waals surface area contributed by atoms with Crippen LogP contribution in [-0.2, 0) is 6.42 Å². The number of nitrogens with zero attached hydrogens (tertiary/aromatic N) is 3. The Morgan fingerprint density at radius 2 is 1.93 bits per heavy atom. The van der Waals surface area contributed by atoms with E-state index in [1.54, 1.807) is 6.07 Å². The topological polar surface area (TPSA) is 42.9 Å². The van der Waals surface area contributed by atoms with E-state index in [4.69, 9.17) is 23.2 Å². The zero-order valence-corrected chi connectivity index (χ0v) is 18.3. The molecule has 152 valence electrons. The van der Waals surface area contributed by atoms with Crippen molar-refractivity contribution in [1.29, 1.82) is 0 Å². The Labute approximate surface area is 174 Å². The Morgan fingerprint density at radius 1 is 1.19 bits per heavy atom. The van der Waals surface area contributed by atoms with E-state index in [9.17, 15) is 0 Å². The Bertz CT molecular complexity index is 600. The van der Waals surface area contributed by atoms with Crippen LogP contribution in [0.2, 0.25) is 10.0 Å². The third kappa shape index (κ3) is 7.49. The monoisotopic (exact) mass is 413 g/mol. The lowest BCUT2D eigenvalue weighted by Crippen LogP contribution is -2.53. The van der Waals surface area contributed by atoms with E-state index in [2.05, 4.69) is 39.3 Å². The van der Waals surface area contributed by atoms with Crippen LogP contribution in [0.5, 0.6) is 0 Å². The number of piperazine rings is 1. The molecule has 0 aromatic heterocycles. The standard InChI is InChI=1S/C20H33Cl2N5/c1-4-26-10-12-27(13-11-26)16(2)15-25-20(23-3)24-9-5-6-17-7-8-18(21)14-19(17)22/h7-8,14,16H,4-6,9-13,15H2,1-3H3,(H2,23,24,25). The second-order valence-corrected chi connectivity index (χ2v) is 7.88. The number of guanidine groups is 1. The summed E-state index contributed by atoms with van der Waals surface area (Å²) in [6.07, 6.45) is 1.90. The summed E-state index contributed by atoms with van der Waals surface area (Å²) < 4.78 is 0. The molecule has 1 atom stereocenters. The van der Waals surface area contributed by atoms with Crippen LogP contribution in [-0.4, -0.2) is 74.7 Å². The highest BCUT2D eigenvalue weighted by molar-refractivity contribution is 6.35. The van der Waals surface area contributed by atoms with Gasteiger partial charge in [0.15, 0.2) is 5.96 Å². The van der Waals surface area contributed by atoms with Crippen molar-refractivity contribution in [2.24, 2.45) is 4.99 Å². The van der Waals surface area contributed by atoms with Crippen LogP contribution >= 0.6 is 23.2 Å². The van der Waals surface area contributed by atoms with Gasteiger partial charge in [-0.1, -0.05) is 36.2 Å². The molecule has 0 bridgehead atoms. The summed E-state index contributed by atoms with van der Waals surface area (Å²) in [5.74, 6) is 0.858. The van der Waals surface area contributed by atoms with Gasteiger partial charge in [0, 0.05) is 62.4 Å². The van der Waals surface area contributed by atoms with Crippen molar-refractivity contribution in [1.82, 2.24) is 20.4 Å². The minimum atomic E-state index is 0.496. The van der Waals surface area contributed by atoms with Crippen molar-refractivity contribution in [3.8, 4) is 0 Å². The van der Waals surface area contributed by atoms with E-state index in [0.717, 1.165) is 62.1 Å². The minimum Gasteiger partial charge on any atom is -0.356 e. The summed E-state index contributed by atoms with van der Waals surface area (Å²) in [7, 11) is 1.82. The molecule has 0 saturated carbocycles. The molecule has 1 unspecified atom stereocenters. The molecule has 1 saturated heterocycles. The van der Waals surface area contributed by atoms with Crippen molar-refractivity contribution >= 4 is 29.2 Å². The summed E-state index contributed by atoms with van der Waals surface area (Å²) >= 11 is 12.2. The molecule has 1 aliphatic heterocycles. The maximum Gasteiger partial charge on any atom is 0.191 e. The molecule has 2 rings (SSSR count). The fourth-order valence-corrected chi connectivity index (χ4v) is 3.83. The van der Waals surface area contributed by atoms with Crippen LogP contribution in [0.4, 0.5) is 0 Å². The van der Waals surface area contributed by atoms with Gasteiger partial charge in [-0.15, -0.1) is 0 Å². The number of benzene rings is 1. The number of hydrogen-bond donors (Lipinski definition) is 2. The number of aliphatic imine (C=N–C) groups is 1. The van der Waals surface area contributed by atoms with Gasteiger partial charge in [-0.2, -0.15) is 0 Å². The fourth-order valence-electron chi connectivity index (χ4n) is 3.32. The van der Waals surface area contributed by atoms with Gasteiger partial charge in [-0.3, -0.25) is 9.89 Å². The van der Waals surface area contributed by atoms with Crippen molar-refractivity contribution in [2.75, 3.05) is 52.9 Å². The van der Waals surface area contributed by atoms with Crippen LogP contribution in [0.15, 0.2) is 23.2 Å². The second-order valence-electron chi connectivity index (χ2n) is 7.04. The number of aryl methyl sites for hydroxylation is 1. The van der Waals surface area contributed by atoms with E-state index in [-0.39, 0.29) is 0 Å². The summed E-state index contributed by atoms with van der Waals surface area (Å²) in [6, 6.07) is 6.18. The first-order valence-electron chi connectivity index (χ1n) is 9.88. The largest absolute Gasteiger partial charge is 0.356 e. The highest BCUT2D eigenvalue weighted by atomic mass is 35.5. The highest BCUT2D eigenvalue weighted by Gasteiger charge is 2.20. The first-order chi connectivity index (χ1) is 13.0. The van der Waals surface area contributed by atoms with Crippen LogP contribution in [0.1, 0.15) is 25.8 Å². The van der Waals surface area contributed by atoms with E-state index >= 15 is 0 Å². The molecule has 0 spiro atoms. The van der Waals surface area contributed by atoms with Gasteiger partial charge in [0.25, 0.3) is 0 Å². The van der Waals surface area contributed by atoms with Gasteiger partial charge in [-0.25, -0.2) is 0 Å². The zero-order chi connectivity index (χ0) is 19.6. The molecule has 1 aliphatic rings. The lowest BCUT2D eigenvalue weighted by molar-refractivity contribution is 0.107. The van der Waals surface area contributed by atoms with Crippen molar-refractivity contribution < 1.29 is 0 Å². The number of nitrogens with one attached hydrogen (secondary N) is 2. The fraction of sp³-hybridized carbons (Fsp3) is 0.650. The second kappa shape index (κ2) is 11.7. The van der Waals surface area contributed by atoms with Gasteiger partial charge in [0.1, 0.15) is 0 Å². The normalized spacial score (nSPS) is 17.7. The van der Waals surface area contributed by atoms with E-state index < -0.39 is 0 Å². The Hall–Kier alpha value is -1.01. The lowest BCUT2D eigenvalue weighted by Gasteiger charge is -2.37. The molecule has 27 heavy (non-hydrogen) atoms. The average molecular weight is 414 g/mol. The molecule has 1 heterocycles. The van der Waals surface area contributed by atoms with Crippen molar-refractivity contribution in [2.45, 2.75) is 32.7 Å². The Morgan fingerprint density at radius 3 is 2.56 bits per heavy atom. The van der Waals surface area contributed by atoms with Gasteiger partial charge < -0.3 is 15.5 Å². The number of likely N-dealkylation sites (N-methyl/N-ethyl adjacent to an activating group) is 1. The molecule has 1 fully saturated rings. The van der Waals surface area contributed by atoms with Crippen molar-refractivity contribution in [3.63, 3.8) is 0 Å². The summed E-state index contributed by atoms with van der Waals surface area (Å²) in [5, 5.41) is 8.25. The van der Waals surface area contributed by atoms with Gasteiger partial charge in [0.05, 0.1) is 0 Å². The number of rotatable bonds is 8. The summed E-state index contributed by atoms with van der Waals surface area (Å²) in [5.41, 5.74) is 1.13. The maximum atomic E-state index is 6.23. The Kier molecular flexibility index (Phi) is 9.69. The number of hydrogen-bond acceptors (Lipinski definition) is 3. The highest BCUT2D eigenvalue weighted by Crippen LogP contribution is 2.21. The minimum absolute atomic E-state index is 0.496. The average Bonchev–Trinajstić information content (AvgIpc) is 2.68. The summed E-state index contributed by atoms with van der Waals surface area (Å²) in [6.45, 7) is 12.0. The molecule has 1 aromatic carbocycles. The van der Waals surface area contributed by atoms with Crippen molar-refractivity contribution in [3.05, 3.63) is 33.8 Å². The molecular weight excluding hydrogens is 381 g/mol. The first kappa shape index (κ1) is 22.3. The SMILES string of the molecule is CCN1CCN(C(C)CNC(=NC)NCCCc2ccc(Cl)cc2Cl)CC1. The lowest BCUT2D eigenvalue weighted by atomic mass is 10.1. The molecule has 2 N–H and O–H groups in total. The van der Waals surface area contributed by atoms with E-state index in [1.807, 2.05) is 19.2 Å². The quantitative estimate of drug-likeness (QED) is 0.390. The number of halogens is 2. The van der Waals surface area contributed by atoms with E-state index in [1.165, 1.54) is 13.1 Å². The Balaban J connectivity index is 1.65. The smallest absolute Gasteiger partial charge is 0.191 e. The summed E-state index contributed by atoms with van der Waals surface area (Å²) in [4.78, 5) is 9.38. The van der Waals surface area contributed by atoms with Gasteiger partial charge >= 0.3 is 0 Å². The predicted octanol–water partition coefficient (Wildman–Crippen LogP) is 3.12. The molecule has 0 radical (unpaired) electrons. The van der Waals surface area contributed by atoms with Crippen LogP contribution in [0.3, 0.4) is 0 Å².